The highest BCUT2D eigenvalue weighted by atomic mass is 35.7. The monoisotopic (exact) mass is 174 g/mol. The van der Waals surface area contributed by atoms with Crippen LogP contribution in [0.2, 0.25) is 0 Å². The van der Waals surface area contributed by atoms with E-state index in [9.17, 15) is 8.96 Å². The van der Waals surface area contributed by atoms with Gasteiger partial charge in [-0.15, -0.1) is 0 Å². The van der Waals surface area contributed by atoms with Crippen LogP contribution < -0.4 is 0 Å². The highest BCUT2D eigenvalue weighted by Gasteiger charge is 2.19. The molecule has 0 rings (SSSR count). The molecule has 0 aliphatic carbocycles. The van der Waals surface area contributed by atoms with E-state index in [-0.39, 0.29) is 6.10 Å². The Morgan fingerprint density at radius 3 is 2.33 bits per heavy atom. The summed E-state index contributed by atoms with van der Waals surface area (Å²) in [4.78, 5) is 0. The Balaban J connectivity index is 3.73. The first-order chi connectivity index (χ1) is 3.98. The van der Waals surface area contributed by atoms with Crippen LogP contribution in [0.3, 0.4) is 0 Å². The van der Waals surface area contributed by atoms with Gasteiger partial charge in [0, 0.05) is 0 Å². The first kappa shape index (κ1) is 9.41. The zero-order valence-electron chi connectivity index (χ0n) is 5.30. The zero-order chi connectivity index (χ0) is 7.49. The Hall–Kier alpha value is 0.410. The summed E-state index contributed by atoms with van der Waals surface area (Å²) >= 11 is 5.07. The van der Waals surface area contributed by atoms with Gasteiger partial charge in [-0.05, 0) is 25.1 Å². The van der Waals surface area contributed by atoms with Crippen LogP contribution in [0.5, 0.6) is 0 Å². The quantitative estimate of drug-likeness (QED) is 0.615. The molecule has 0 saturated heterocycles. The molecule has 9 heavy (non-hydrogen) atoms. The number of alkyl halides is 1. The highest BCUT2D eigenvalue weighted by molar-refractivity contribution is 7.85. The minimum absolute atomic E-state index is 0.288. The summed E-state index contributed by atoms with van der Waals surface area (Å²) in [6, 6.07) is 0. The van der Waals surface area contributed by atoms with E-state index < -0.39 is 13.1 Å². The van der Waals surface area contributed by atoms with E-state index in [0.717, 1.165) is 0 Å². The molecule has 0 fully saturated rings. The molecule has 0 aromatic heterocycles. The van der Waals surface area contributed by atoms with E-state index in [4.69, 9.17) is 11.2 Å². The second kappa shape index (κ2) is 3.55. The molecule has 0 N–H and O–H groups in total. The summed E-state index contributed by atoms with van der Waals surface area (Å²) in [5, 5.41) is 0. The second-order valence-corrected chi connectivity index (χ2v) is 5.04. The van der Waals surface area contributed by atoms with E-state index in [1.807, 2.05) is 0 Å². The lowest BCUT2D eigenvalue weighted by Gasteiger charge is -2.09. The van der Waals surface area contributed by atoms with Crippen molar-refractivity contribution in [2.24, 2.45) is 0 Å². The Bertz CT molecular complexity index is 128. The lowest BCUT2D eigenvalue weighted by Crippen LogP contribution is -1.97. The molecular formula is C4H9ClFO2P. The van der Waals surface area contributed by atoms with Gasteiger partial charge in [-0.25, -0.2) is 4.39 Å². The fourth-order valence-corrected chi connectivity index (χ4v) is 1.51. The van der Waals surface area contributed by atoms with Gasteiger partial charge in [0.25, 0.3) is 0 Å². The molecule has 0 amide bonds. The topological polar surface area (TPSA) is 26.3 Å². The van der Waals surface area contributed by atoms with Gasteiger partial charge in [0.05, 0.1) is 6.10 Å². The van der Waals surface area contributed by atoms with Crippen LogP contribution in [-0.2, 0) is 9.09 Å². The summed E-state index contributed by atoms with van der Waals surface area (Å²) in [6.07, 6.45) is -1.39. The molecule has 0 bridgehead atoms. The Kier molecular flexibility index (Phi) is 3.71. The van der Waals surface area contributed by atoms with Crippen LogP contribution in [0.4, 0.5) is 4.39 Å². The predicted octanol–water partition coefficient (Wildman–Crippen LogP) is 2.77. The van der Waals surface area contributed by atoms with E-state index >= 15 is 0 Å². The van der Waals surface area contributed by atoms with Crippen molar-refractivity contribution in [1.82, 2.24) is 0 Å². The molecule has 0 radical (unpaired) electrons. The van der Waals surface area contributed by atoms with Crippen LogP contribution in [0.15, 0.2) is 0 Å². The van der Waals surface area contributed by atoms with Gasteiger partial charge in [-0.2, -0.15) is 0 Å². The van der Waals surface area contributed by atoms with Gasteiger partial charge in [-0.1, -0.05) is 0 Å². The molecule has 0 spiro atoms. The molecular weight excluding hydrogens is 165 g/mol. The maximum atomic E-state index is 11.6. The summed E-state index contributed by atoms with van der Waals surface area (Å²) in [6.45, 7) is -0.137. The lowest BCUT2D eigenvalue weighted by molar-refractivity contribution is 0.245. The maximum Gasteiger partial charge on any atom is 0.320 e. The normalized spacial score (nSPS) is 17.9. The van der Waals surface area contributed by atoms with Gasteiger partial charge in [0.2, 0.25) is 0 Å². The molecule has 0 aliphatic rings. The van der Waals surface area contributed by atoms with Crippen molar-refractivity contribution in [3.05, 3.63) is 0 Å². The van der Waals surface area contributed by atoms with Crippen LogP contribution in [0, 0.1) is 0 Å². The van der Waals surface area contributed by atoms with Gasteiger partial charge in [0.1, 0.15) is 0 Å². The number of hydrogen-bond donors (Lipinski definition) is 0. The van der Waals surface area contributed by atoms with Crippen molar-refractivity contribution < 1.29 is 13.5 Å². The Morgan fingerprint density at radius 1 is 1.78 bits per heavy atom. The molecule has 2 nitrogen and oxygen atoms in total. The number of halogens is 2. The third-order valence-electron chi connectivity index (χ3n) is 0.511. The van der Waals surface area contributed by atoms with Crippen molar-refractivity contribution in [2.75, 3.05) is 6.42 Å². The summed E-state index contributed by atoms with van der Waals surface area (Å²) in [7, 11) is 0. The first-order valence-electron chi connectivity index (χ1n) is 2.51. The molecule has 0 aliphatic heterocycles. The van der Waals surface area contributed by atoms with Crippen molar-refractivity contribution in [3.8, 4) is 0 Å². The van der Waals surface area contributed by atoms with Gasteiger partial charge in [-0.3, -0.25) is 4.57 Å². The summed E-state index contributed by atoms with van der Waals surface area (Å²) in [5.41, 5.74) is 0. The fourth-order valence-electron chi connectivity index (χ4n) is 0.343. The molecule has 0 heterocycles. The van der Waals surface area contributed by atoms with Crippen LogP contribution in [0.25, 0.3) is 0 Å². The molecule has 1 unspecified atom stereocenters. The highest BCUT2D eigenvalue weighted by Crippen LogP contribution is 2.53. The number of rotatable bonds is 3. The predicted molar refractivity (Wildman–Crippen MR) is 35.7 cm³/mol. The molecule has 0 aromatic carbocycles. The standard InChI is InChI=1S/C4H9ClFO2P/c1-4(2)8-9(5,7)3-6/h4H,3H2,1-2H3. The van der Waals surface area contributed by atoms with E-state index in [2.05, 4.69) is 4.52 Å². The maximum absolute atomic E-state index is 11.6. The smallest absolute Gasteiger partial charge is 0.313 e. The lowest BCUT2D eigenvalue weighted by atomic mass is 10.5. The van der Waals surface area contributed by atoms with Crippen molar-refractivity contribution >= 4 is 18.0 Å². The number of hydrogen-bond acceptors (Lipinski definition) is 2. The molecule has 5 heteroatoms. The third kappa shape index (κ3) is 4.89. The molecule has 0 saturated carbocycles. The largest absolute Gasteiger partial charge is 0.320 e. The summed E-state index contributed by atoms with van der Waals surface area (Å²) < 4.78 is 26.7. The summed E-state index contributed by atoms with van der Waals surface area (Å²) in [5.74, 6) is 0. The average molecular weight is 175 g/mol. The van der Waals surface area contributed by atoms with E-state index in [0.29, 0.717) is 0 Å². The van der Waals surface area contributed by atoms with Crippen molar-refractivity contribution in [2.45, 2.75) is 20.0 Å². The van der Waals surface area contributed by atoms with Gasteiger partial charge >= 0.3 is 6.72 Å². The zero-order valence-corrected chi connectivity index (χ0v) is 6.95. The van der Waals surface area contributed by atoms with E-state index in [1.54, 1.807) is 13.8 Å². The molecule has 1 atom stereocenters. The molecule has 56 valence electrons. The van der Waals surface area contributed by atoms with E-state index in [1.165, 1.54) is 0 Å². The van der Waals surface area contributed by atoms with Gasteiger partial charge < -0.3 is 4.52 Å². The second-order valence-electron chi connectivity index (χ2n) is 1.86. The van der Waals surface area contributed by atoms with Gasteiger partial charge in [0.15, 0.2) is 6.42 Å². The SMILES string of the molecule is CC(C)OP(=O)(Cl)CF. The minimum Gasteiger partial charge on any atom is -0.313 e. The Labute approximate surface area is 58.6 Å². The van der Waals surface area contributed by atoms with Crippen LogP contribution >= 0.6 is 18.0 Å². The van der Waals surface area contributed by atoms with Crippen molar-refractivity contribution in [3.63, 3.8) is 0 Å². The van der Waals surface area contributed by atoms with Crippen LogP contribution in [-0.4, -0.2) is 12.5 Å². The molecule has 0 aromatic rings. The third-order valence-corrected chi connectivity index (χ3v) is 2.04. The fraction of sp³-hybridized carbons (Fsp3) is 1.00. The minimum atomic E-state index is -3.42. The first-order valence-corrected chi connectivity index (χ1v) is 5.22. The van der Waals surface area contributed by atoms with Crippen molar-refractivity contribution in [1.29, 1.82) is 0 Å². The van der Waals surface area contributed by atoms with Crippen LogP contribution in [0.1, 0.15) is 13.8 Å². The Morgan fingerprint density at radius 2 is 2.22 bits per heavy atom. The average Bonchev–Trinajstić information content (AvgIpc) is 1.63.